The number of carboxylic acid groups (broad SMARTS) is 1. The quantitative estimate of drug-likeness (QED) is 0.584. The molecular weight excluding hydrogens is 188 g/mol. The van der Waals surface area contributed by atoms with Crippen molar-refractivity contribution in [2.45, 2.75) is 32.5 Å². The van der Waals surface area contributed by atoms with Crippen molar-refractivity contribution in [2.75, 3.05) is 19.8 Å². The van der Waals surface area contributed by atoms with Gasteiger partial charge in [-0.1, -0.05) is 0 Å². The Bertz CT molecular complexity index is 176. The smallest absolute Gasteiger partial charge is 0.337 e. The van der Waals surface area contributed by atoms with Crippen LogP contribution in [-0.2, 0) is 14.3 Å². The molecular formula is C9H18O5. The summed E-state index contributed by atoms with van der Waals surface area (Å²) < 4.78 is 10.1. The van der Waals surface area contributed by atoms with E-state index in [4.69, 9.17) is 14.6 Å². The van der Waals surface area contributed by atoms with E-state index in [-0.39, 0.29) is 19.3 Å². The Labute approximate surface area is 83.6 Å². The first-order chi connectivity index (χ1) is 6.36. The predicted molar refractivity (Wildman–Crippen MR) is 50.2 cm³/mol. The number of hydrogen-bond donors (Lipinski definition) is 2. The molecule has 0 bridgehead atoms. The van der Waals surface area contributed by atoms with Gasteiger partial charge >= 0.3 is 5.97 Å². The second-order valence-electron chi connectivity index (χ2n) is 3.55. The SMILES string of the molecule is CC(C)OCCOCC(C)(O)C(=O)O. The van der Waals surface area contributed by atoms with Crippen LogP contribution in [-0.4, -0.2) is 47.7 Å². The number of carbonyl (C=O) groups is 1. The van der Waals surface area contributed by atoms with Gasteiger partial charge in [0.2, 0.25) is 0 Å². The van der Waals surface area contributed by atoms with Crippen LogP contribution >= 0.6 is 0 Å². The van der Waals surface area contributed by atoms with E-state index in [1.807, 2.05) is 13.8 Å². The van der Waals surface area contributed by atoms with Crippen LogP contribution in [0.2, 0.25) is 0 Å². The number of aliphatic carboxylic acids is 1. The van der Waals surface area contributed by atoms with E-state index in [1.54, 1.807) is 0 Å². The monoisotopic (exact) mass is 206 g/mol. The molecule has 0 aromatic carbocycles. The molecule has 2 N–H and O–H groups in total. The Morgan fingerprint density at radius 2 is 2.00 bits per heavy atom. The maximum Gasteiger partial charge on any atom is 0.337 e. The highest BCUT2D eigenvalue weighted by Crippen LogP contribution is 2.03. The summed E-state index contributed by atoms with van der Waals surface area (Å²) in [6, 6.07) is 0. The maximum atomic E-state index is 10.4. The van der Waals surface area contributed by atoms with Crippen LogP contribution in [0.3, 0.4) is 0 Å². The number of rotatable bonds is 7. The molecule has 14 heavy (non-hydrogen) atoms. The molecule has 0 aromatic rings. The first-order valence-electron chi connectivity index (χ1n) is 4.51. The highest BCUT2D eigenvalue weighted by molar-refractivity contribution is 5.76. The average Bonchev–Trinajstić information content (AvgIpc) is 2.02. The van der Waals surface area contributed by atoms with Gasteiger partial charge in [-0.25, -0.2) is 4.79 Å². The average molecular weight is 206 g/mol. The summed E-state index contributed by atoms with van der Waals surface area (Å²) in [4.78, 5) is 10.4. The van der Waals surface area contributed by atoms with E-state index in [2.05, 4.69) is 0 Å². The van der Waals surface area contributed by atoms with Crippen molar-refractivity contribution < 1.29 is 24.5 Å². The highest BCUT2D eigenvalue weighted by Gasteiger charge is 2.29. The normalized spacial score (nSPS) is 15.5. The van der Waals surface area contributed by atoms with Crippen molar-refractivity contribution in [3.63, 3.8) is 0 Å². The van der Waals surface area contributed by atoms with Gasteiger partial charge in [0.05, 0.1) is 25.9 Å². The minimum absolute atomic E-state index is 0.124. The second kappa shape index (κ2) is 5.95. The van der Waals surface area contributed by atoms with Gasteiger partial charge in [-0.2, -0.15) is 0 Å². The van der Waals surface area contributed by atoms with E-state index in [9.17, 15) is 9.90 Å². The molecule has 0 rings (SSSR count). The van der Waals surface area contributed by atoms with Crippen LogP contribution in [0.1, 0.15) is 20.8 Å². The molecule has 0 aromatic heterocycles. The molecule has 0 aliphatic rings. The van der Waals surface area contributed by atoms with E-state index in [0.717, 1.165) is 0 Å². The van der Waals surface area contributed by atoms with Gasteiger partial charge in [0.15, 0.2) is 5.60 Å². The fourth-order valence-corrected chi connectivity index (χ4v) is 0.675. The van der Waals surface area contributed by atoms with E-state index >= 15 is 0 Å². The molecule has 0 spiro atoms. The zero-order valence-electron chi connectivity index (χ0n) is 8.82. The molecule has 0 radical (unpaired) electrons. The van der Waals surface area contributed by atoms with Gasteiger partial charge in [-0.15, -0.1) is 0 Å². The van der Waals surface area contributed by atoms with E-state index in [1.165, 1.54) is 6.92 Å². The molecule has 1 atom stereocenters. The number of hydrogen-bond acceptors (Lipinski definition) is 4. The Morgan fingerprint density at radius 3 is 2.43 bits per heavy atom. The Hall–Kier alpha value is -0.650. The lowest BCUT2D eigenvalue weighted by Crippen LogP contribution is -2.40. The molecule has 5 heteroatoms. The molecule has 0 saturated heterocycles. The van der Waals surface area contributed by atoms with Crippen LogP contribution in [0.15, 0.2) is 0 Å². The number of aliphatic hydroxyl groups is 1. The fraction of sp³-hybridized carbons (Fsp3) is 0.889. The second-order valence-corrected chi connectivity index (χ2v) is 3.55. The summed E-state index contributed by atoms with van der Waals surface area (Å²) in [7, 11) is 0. The lowest BCUT2D eigenvalue weighted by molar-refractivity contribution is -0.163. The van der Waals surface area contributed by atoms with Gasteiger partial charge in [-0.05, 0) is 20.8 Å². The Morgan fingerprint density at radius 1 is 1.43 bits per heavy atom. The van der Waals surface area contributed by atoms with Crippen LogP contribution in [0, 0.1) is 0 Å². The third-order valence-electron chi connectivity index (χ3n) is 1.52. The molecule has 84 valence electrons. The Balaban J connectivity index is 3.49. The summed E-state index contributed by atoms with van der Waals surface area (Å²) >= 11 is 0. The molecule has 0 saturated carbocycles. The fourth-order valence-electron chi connectivity index (χ4n) is 0.675. The largest absolute Gasteiger partial charge is 0.479 e. The summed E-state index contributed by atoms with van der Waals surface area (Å²) in [5.74, 6) is -1.29. The van der Waals surface area contributed by atoms with Gasteiger partial charge in [0.1, 0.15) is 0 Å². The lowest BCUT2D eigenvalue weighted by atomic mass is 10.1. The molecule has 0 heterocycles. The third-order valence-corrected chi connectivity index (χ3v) is 1.52. The van der Waals surface area contributed by atoms with Crippen LogP contribution in [0.25, 0.3) is 0 Å². The predicted octanol–water partition coefficient (Wildman–Crippen LogP) is 0.264. The first kappa shape index (κ1) is 13.4. The molecule has 0 aliphatic heterocycles. The number of ether oxygens (including phenoxy) is 2. The minimum Gasteiger partial charge on any atom is -0.479 e. The van der Waals surface area contributed by atoms with Crippen molar-refractivity contribution in [3.05, 3.63) is 0 Å². The molecule has 1 unspecified atom stereocenters. The van der Waals surface area contributed by atoms with E-state index in [0.29, 0.717) is 6.61 Å². The zero-order chi connectivity index (χ0) is 11.2. The van der Waals surface area contributed by atoms with Crippen molar-refractivity contribution in [2.24, 2.45) is 0 Å². The van der Waals surface area contributed by atoms with Crippen LogP contribution < -0.4 is 0 Å². The van der Waals surface area contributed by atoms with Crippen molar-refractivity contribution >= 4 is 5.97 Å². The Kier molecular flexibility index (Phi) is 5.68. The molecule has 0 aliphatic carbocycles. The summed E-state index contributed by atoms with van der Waals surface area (Å²) in [5.41, 5.74) is -1.82. The first-order valence-corrected chi connectivity index (χ1v) is 4.51. The van der Waals surface area contributed by atoms with Crippen LogP contribution in [0.5, 0.6) is 0 Å². The van der Waals surface area contributed by atoms with Crippen molar-refractivity contribution in [3.8, 4) is 0 Å². The van der Waals surface area contributed by atoms with Gasteiger partial charge in [0, 0.05) is 0 Å². The van der Waals surface area contributed by atoms with Gasteiger partial charge in [0.25, 0.3) is 0 Å². The molecule has 0 fully saturated rings. The van der Waals surface area contributed by atoms with Gasteiger partial charge in [-0.3, -0.25) is 0 Å². The lowest BCUT2D eigenvalue weighted by Gasteiger charge is -2.17. The van der Waals surface area contributed by atoms with Crippen LogP contribution in [0.4, 0.5) is 0 Å². The van der Waals surface area contributed by atoms with E-state index < -0.39 is 11.6 Å². The molecule has 5 nitrogen and oxygen atoms in total. The topological polar surface area (TPSA) is 76.0 Å². The van der Waals surface area contributed by atoms with Crippen molar-refractivity contribution in [1.82, 2.24) is 0 Å². The standard InChI is InChI=1S/C9H18O5/c1-7(2)14-5-4-13-6-9(3,12)8(10)11/h7,12H,4-6H2,1-3H3,(H,10,11). The van der Waals surface area contributed by atoms with Gasteiger partial charge < -0.3 is 19.7 Å². The summed E-state index contributed by atoms with van der Waals surface area (Å²) in [6.45, 7) is 5.43. The highest BCUT2D eigenvalue weighted by atomic mass is 16.5. The summed E-state index contributed by atoms with van der Waals surface area (Å²) in [6.07, 6.45) is 0.124. The number of carboxylic acids is 1. The maximum absolute atomic E-state index is 10.4. The molecule has 0 amide bonds. The zero-order valence-corrected chi connectivity index (χ0v) is 8.82. The summed E-state index contributed by atoms with van der Waals surface area (Å²) in [5, 5.41) is 17.8. The third kappa shape index (κ3) is 5.90. The van der Waals surface area contributed by atoms with Crippen molar-refractivity contribution in [1.29, 1.82) is 0 Å². The minimum atomic E-state index is -1.82.